The maximum Gasteiger partial charge on any atom is 0.336 e. The lowest BCUT2D eigenvalue weighted by molar-refractivity contribution is -0.137. The first kappa shape index (κ1) is 33.0. The van der Waals surface area contributed by atoms with Crippen LogP contribution in [0.1, 0.15) is 18.4 Å². The molecule has 1 atom stereocenters. The quantitative estimate of drug-likeness (QED) is 0.120. The van der Waals surface area contributed by atoms with Crippen molar-refractivity contribution in [1.29, 1.82) is 0 Å². The first-order valence-electron chi connectivity index (χ1n) is 14.9. The summed E-state index contributed by atoms with van der Waals surface area (Å²) in [5.41, 5.74) is 2.12. The summed E-state index contributed by atoms with van der Waals surface area (Å²) in [4.78, 5) is 26.3. The van der Waals surface area contributed by atoms with Crippen LogP contribution in [0.2, 0.25) is 5.02 Å². The maximum absolute atomic E-state index is 13.3. The molecule has 46 heavy (non-hydrogen) atoms. The van der Waals surface area contributed by atoms with Crippen LogP contribution in [0.3, 0.4) is 0 Å². The van der Waals surface area contributed by atoms with Gasteiger partial charge in [-0.3, -0.25) is 4.74 Å². The van der Waals surface area contributed by atoms with Crippen molar-refractivity contribution < 1.29 is 23.8 Å². The fourth-order valence-corrected chi connectivity index (χ4v) is 9.64. The van der Waals surface area contributed by atoms with Crippen molar-refractivity contribution in [3.05, 3.63) is 148 Å². The van der Waals surface area contributed by atoms with Crippen molar-refractivity contribution in [2.75, 3.05) is 34.0 Å². The van der Waals surface area contributed by atoms with Crippen molar-refractivity contribution in [3.8, 4) is 0 Å². The minimum atomic E-state index is -2.38. The molecule has 0 aromatic heterocycles. The Bertz CT molecular complexity index is 1700. The van der Waals surface area contributed by atoms with E-state index in [-0.39, 0.29) is 24.4 Å². The Morgan fingerprint density at radius 1 is 0.739 bits per heavy atom. The maximum atomic E-state index is 13.3. The van der Waals surface area contributed by atoms with E-state index < -0.39 is 24.9 Å². The molecule has 4 aromatic carbocycles. The monoisotopic (exact) mass is 654 g/mol. The Hall–Kier alpha value is -4.42. The van der Waals surface area contributed by atoms with Crippen molar-refractivity contribution in [2.24, 2.45) is 4.74 Å². The Kier molecular flexibility index (Phi) is 10.9. The average molecular weight is 655 g/mol. The Labute approximate surface area is 274 Å². The first-order chi connectivity index (χ1) is 22.4. The first-order valence-corrected chi connectivity index (χ1v) is 17.0. The number of benzene rings is 4. The van der Waals surface area contributed by atoms with Gasteiger partial charge in [0, 0.05) is 26.6 Å². The highest BCUT2D eigenvalue weighted by Crippen LogP contribution is 2.46. The van der Waals surface area contributed by atoms with Gasteiger partial charge in [-0.2, -0.15) is 0 Å². The number of allylic oxidation sites excluding steroid dienone is 1. The molecule has 0 fully saturated rings. The topological polar surface area (TPSA) is 86.2 Å². The molecule has 7 nitrogen and oxygen atoms in total. The predicted molar refractivity (Wildman–Crippen MR) is 184 cm³/mol. The van der Waals surface area contributed by atoms with Crippen LogP contribution in [0.5, 0.6) is 0 Å². The van der Waals surface area contributed by atoms with Gasteiger partial charge in [0.15, 0.2) is 0 Å². The van der Waals surface area contributed by atoms with E-state index in [4.69, 9.17) is 30.6 Å². The highest BCUT2D eigenvalue weighted by molar-refractivity contribution is 7.87. The zero-order chi connectivity index (χ0) is 32.5. The fourth-order valence-electron chi connectivity index (χ4n) is 5.81. The van der Waals surface area contributed by atoms with Gasteiger partial charge in [0.25, 0.3) is 0 Å². The zero-order valence-electron chi connectivity index (χ0n) is 26.0. The Balaban J connectivity index is 1.50. The molecule has 5 rings (SSSR count). The van der Waals surface area contributed by atoms with Gasteiger partial charge in [-0.25, -0.2) is 9.59 Å². The predicted octanol–water partition coefficient (Wildman–Crippen LogP) is 6.10. The summed E-state index contributed by atoms with van der Waals surface area (Å²) in [5, 5.41) is 7.07. The molecule has 0 aliphatic carbocycles. The lowest BCUT2D eigenvalue weighted by Crippen LogP contribution is -2.34. The van der Waals surface area contributed by atoms with E-state index >= 15 is 0 Å². The van der Waals surface area contributed by atoms with Crippen LogP contribution in [0, 0.1) is 0 Å². The third kappa shape index (κ3) is 6.73. The molecule has 1 unspecified atom stereocenters. The van der Waals surface area contributed by atoms with Crippen LogP contribution in [-0.4, -0.2) is 45.9 Å². The number of hydrogen-bond donors (Lipinski definition) is 1. The van der Waals surface area contributed by atoms with E-state index in [1.807, 2.05) is 60.7 Å². The van der Waals surface area contributed by atoms with Crippen LogP contribution >= 0.6 is 18.7 Å². The smallest absolute Gasteiger partial charge is 0.336 e. The second-order valence-corrected chi connectivity index (χ2v) is 14.1. The van der Waals surface area contributed by atoms with Gasteiger partial charge >= 0.3 is 11.9 Å². The minimum Gasteiger partial charge on any atom is -0.466 e. The van der Waals surface area contributed by atoms with E-state index in [1.54, 1.807) is 25.1 Å². The SMILES string of the molecule is COC(=O)C1=C(C)NC(COCCN=P(c2ccccc2)(c2ccccc2)c2ccccc2)=C(C(=O)OC)C1c1ccccc1Cl. The highest BCUT2D eigenvalue weighted by Gasteiger charge is 2.39. The lowest BCUT2D eigenvalue weighted by Gasteiger charge is -2.31. The molecule has 0 radical (unpaired) electrons. The Morgan fingerprint density at radius 3 is 1.72 bits per heavy atom. The van der Waals surface area contributed by atoms with Gasteiger partial charge in [-0.1, -0.05) is 121 Å². The highest BCUT2D eigenvalue weighted by atomic mass is 35.5. The average Bonchev–Trinajstić information content (AvgIpc) is 3.10. The van der Waals surface area contributed by atoms with E-state index in [0.29, 0.717) is 28.5 Å². The number of dihydropyridines is 1. The molecule has 236 valence electrons. The molecule has 0 saturated carbocycles. The molecule has 1 aliphatic rings. The van der Waals surface area contributed by atoms with Crippen LogP contribution in [0.4, 0.5) is 0 Å². The van der Waals surface area contributed by atoms with Crippen molar-refractivity contribution in [1.82, 2.24) is 5.32 Å². The van der Waals surface area contributed by atoms with E-state index in [9.17, 15) is 9.59 Å². The minimum absolute atomic E-state index is 0.0557. The summed E-state index contributed by atoms with van der Waals surface area (Å²) in [5.74, 6) is -1.99. The number of nitrogens with zero attached hydrogens (tertiary/aromatic N) is 1. The molecule has 1 N–H and O–H groups in total. The van der Waals surface area contributed by atoms with E-state index in [0.717, 1.165) is 15.9 Å². The number of carbonyl (C=O) groups excluding carboxylic acids is 2. The summed E-state index contributed by atoms with van der Waals surface area (Å²) >= 11 is 6.61. The molecule has 0 amide bonds. The van der Waals surface area contributed by atoms with Crippen LogP contribution in [-0.2, 0) is 23.8 Å². The number of hydrogen-bond acceptors (Lipinski definition) is 7. The standard InChI is InChI=1S/C37H36ClN2O5P/c1-26-33(36(41)43-2)34(30-21-13-14-22-31(30)38)35(37(42)44-3)32(40-26)25-45-24-23-39-46(27-15-7-4-8-16-27,28-17-9-5-10-18-28)29-19-11-6-12-20-29/h4-22,34,40H,23-25H2,1-3H3. The number of esters is 2. The molecule has 1 heterocycles. The largest absolute Gasteiger partial charge is 0.466 e. The molecular weight excluding hydrogens is 619 g/mol. The Morgan fingerprint density at radius 2 is 1.22 bits per heavy atom. The van der Waals surface area contributed by atoms with Gasteiger partial charge in [0.05, 0.1) is 63.8 Å². The lowest BCUT2D eigenvalue weighted by atomic mass is 9.80. The van der Waals surface area contributed by atoms with Crippen molar-refractivity contribution >= 4 is 46.5 Å². The normalized spacial score (nSPS) is 14.8. The third-order valence-corrected chi connectivity index (χ3v) is 12.0. The molecule has 0 spiro atoms. The number of methoxy groups -OCH3 is 2. The van der Waals surface area contributed by atoms with Gasteiger partial charge in [-0.15, -0.1) is 0 Å². The van der Waals surface area contributed by atoms with Gasteiger partial charge < -0.3 is 19.5 Å². The van der Waals surface area contributed by atoms with Crippen molar-refractivity contribution in [3.63, 3.8) is 0 Å². The van der Waals surface area contributed by atoms with E-state index in [2.05, 4.69) is 41.7 Å². The summed E-state index contributed by atoms with van der Waals surface area (Å²) in [7, 11) is 0.233. The molecule has 0 bridgehead atoms. The van der Waals surface area contributed by atoms with E-state index in [1.165, 1.54) is 14.2 Å². The zero-order valence-corrected chi connectivity index (χ0v) is 27.6. The number of ether oxygens (including phenoxy) is 3. The second kappa shape index (κ2) is 15.2. The fraction of sp³-hybridized carbons (Fsp3) is 0.189. The van der Waals surface area contributed by atoms with Gasteiger partial charge in [-0.05, 0) is 18.6 Å². The molecule has 9 heteroatoms. The molecule has 1 aliphatic heterocycles. The molecule has 4 aromatic rings. The van der Waals surface area contributed by atoms with Crippen LogP contribution in [0.15, 0.2) is 143 Å². The van der Waals surface area contributed by atoms with Crippen molar-refractivity contribution in [2.45, 2.75) is 12.8 Å². The van der Waals surface area contributed by atoms with Gasteiger partial charge in [0.1, 0.15) is 0 Å². The number of nitrogens with one attached hydrogen (secondary N) is 1. The molecule has 0 saturated heterocycles. The number of halogens is 1. The molecular formula is C37H36ClN2O5P. The summed E-state index contributed by atoms with van der Waals surface area (Å²) in [6, 6.07) is 38.3. The summed E-state index contributed by atoms with van der Waals surface area (Å²) in [6.07, 6.45) is 0. The third-order valence-electron chi connectivity index (χ3n) is 7.86. The number of rotatable bonds is 11. The summed E-state index contributed by atoms with van der Waals surface area (Å²) in [6.45, 7) is 2.51. The second-order valence-electron chi connectivity index (χ2n) is 10.6. The van der Waals surface area contributed by atoms with Crippen LogP contribution < -0.4 is 21.2 Å². The van der Waals surface area contributed by atoms with Gasteiger partial charge in [0.2, 0.25) is 0 Å². The summed E-state index contributed by atoms with van der Waals surface area (Å²) < 4.78 is 21.9. The van der Waals surface area contributed by atoms with Crippen LogP contribution in [0.25, 0.3) is 0 Å². The number of carbonyl (C=O) groups is 2.